The van der Waals surface area contributed by atoms with Crippen LogP contribution < -0.4 is 0 Å². The van der Waals surface area contributed by atoms with E-state index in [1.165, 1.54) is 23.5 Å². The fourth-order valence-electron chi connectivity index (χ4n) is 2.63. The minimum absolute atomic E-state index is 0.216. The molecule has 2 aromatic carbocycles. The van der Waals surface area contributed by atoms with Crippen LogP contribution in [0.3, 0.4) is 0 Å². The fourth-order valence-corrected chi connectivity index (χ4v) is 3.57. The van der Waals surface area contributed by atoms with Gasteiger partial charge in [-0.1, -0.05) is 24.3 Å². The third kappa shape index (κ3) is 3.36. The highest BCUT2D eigenvalue weighted by Gasteiger charge is 2.11. The number of nitrogens with zero attached hydrogens (tertiary/aromatic N) is 2. The summed E-state index contributed by atoms with van der Waals surface area (Å²) >= 11 is 1.46. The summed E-state index contributed by atoms with van der Waals surface area (Å²) < 4.78 is 6.82. The maximum atomic E-state index is 10.9. The number of hydrogen-bond donors (Lipinski definition) is 1. The number of nitriles is 1. The van der Waals surface area contributed by atoms with Crippen LogP contribution in [0.15, 0.2) is 65.1 Å². The number of allylic oxidation sites excluding steroid dienone is 1. The van der Waals surface area contributed by atoms with Crippen molar-refractivity contribution in [3.63, 3.8) is 0 Å². The molecule has 4 rings (SSSR count). The van der Waals surface area contributed by atoms with E-state index in [2.05, 4.69) is 11.1 Å². The Morgan fingerprint density at radius 3 is 2.59 bits per heavy atom. The second kappa shape index (κ2) is 6.90. The van der Waals surface area contributed by atoms with Crippen molar-refractivity contribution in [3.8, 4) is 17.4 Å². The first-order chi connectivity index (χ1) is 13.1. The molecule has 2 heterocycles. The first-order valence-corrected chi connectivity index (χ1v) is 8.87. The van der Waals surface area contributed by atoms with Crippen LogP contribution in [0.5, 0.6) is 0 Å². The molecule has 0 aliphatic rings. The van der Waals surface area contributed by atoms with Crippen LogP contribution in [-0.2, 0) is 0 Å². The largest absolute Gasteiger partial charge is 0.478 e. The molecule has 0 bridgehead atoms. The van der Waals surface area contributed by atoms with Gasteiger partial charge < -0.3 is 9.52 Å². The molecule has 1 N–H and O–H groups in total. The first-order valence-electron chi connectivity index (χ1n) is 8.05. The Labute approximate surface area is 158 Å². The molecule has 6 heteroatoms. The van der Waals surface area contributed by atoms with Crippen LogP contribution in [0.2, 0.25) is 0 Å². The smallest absolute Gasteiger partial charge is 0.335 e. The van der Waals surface area contributed by atoms with Gasteiger partial charge in [-0.3, -0.25) is 0 Å². The predicted molar refractivity (Wildman–Crippen MR) is 104 cm³/mol. The van der Waals surface area contributed by atoms with Crippen molar-refractivity contribution >= 4 is 39.2 Å². The van der Waals surface area contributed by atoms with Crippen molar-refractivity contribution in [3.05, 3.63) is 77.0 Å². The van der Waals surface area contributed by atoms with E-state index in [1.807, 2.05) is 24.3 Å². The van der Waals surface area contributed by atoms with Gasteiger partial charge in [-0.15, -0.1) is 11.3 Å². The summed E-state index contributed by atoms with van der Waals surface area (Å²) in [6, 6.07) is 19.9. The summed E-state index contributed by atoms with van der Waals surface area (Å²) in [7, 11) is 0. The lowest BCUT2D eigenvalue weighted by molar-refractivity contribution is 0.0697. The number of carboxylic acid groups (broad SMARTS) is 1. The minimum Gasteiger partial charge on any atom is -0.478 e. The normalized spacial score (nSPS) is 11.4. The molecule has 0 unspecified atom stereocenters. The van der Waals surface area contributed by atoms with E-state index in [4.69, 9.17) is 9.52 Å². The second-order valence-electron chi connectivity index (χ2n) is 5.74. The van der Waals surface area contributed by atoms with Crippen molar-refractivity contribution in [2.45, 2.75) is 0 Å². The number of carbonyl (C=O) groups is 1. The van der Waals surface area contributed by atoms with Crippen LogP contribution in [-0.4, -0.2) is 16.1 Å². The molecule has 0 radical (unpaired) electrons. The van der Waals surface area contributed by atoms with E-state index in [1.54, 1.807) is 30.3 Å². The number of furan rings is 1. The molecular formula is C21H12N2O3S. The van der Waals surface area contributed by atoms with Crippen molar-refractivity contribution in [2.75, 3.05) is 0 Å². The second-order valence-corrected chi connectivity index (χ2v) is 6.77. The molecule has 0 atom stereocenters. The molecule has 4 aromatic rings. The van der Waals surface area contributed by atoms with Crippen molar-refractivity contribution in [1.82, 2.24) is 4.98 Å². The van der Waals surface area contributed by atoms with E-state index in [0.717, 1.165) is 15.8 Å². The maximum absolute atomic E-state index is 10.9. The molecular weight excluding hydrogens is 360 g/mol. The van der Waals surface area contributed by atoms with E-state index in [9.17, 15) is 10.1 Å². The number of rotatable bonds is 4. The summed E-state index contributed by atoms with van der Waals surface area (Å²) in [6.45, 7) is 0. The molecule has 0 saturated heterocycles. The monoisotopic (exact) mass is 372 g/mol. The Kier molecular flexibility index (Phi) is 4.29. The Bertz CT molecular complexity index is 1180. The number of aromatic carboxylic acids is 1. The molecule has 0 fully saturated rings. The molecule has 27 heavy (non-hydrogen) atoms. The highest BCUT2D eigenvalue weighted by atomic mass is 32.1. The van der Waals surface area contributed by atoms with Crippen LogP contribution >= 0.6 is 11.3 Å². The van der Waals surface area contributed by atoms with Gasteiger partial charge in [-0.2, -0.15) is 5.26 Å². The number of benzene rings is 2. The number of aromatic nitrogens is 1. The summed E-state index contributed by atoms with van der Waals surface area (Å²) in [5, 5.41) is 19.1. The lowest BCUT2D eigenvalue weighted by Crippen LogP contribution is -1.94. The Morgan fingerprint density at radius 2 is 1.89 bits per heavy atom. The van der Waals surface area contributed by atoms with E-state index < -0.39 is 5.97 Å². The number of hydrogen-bond acceptors (Lipinski definition) is 5. The molecule has 0 spiro atoms. The molecule has 5 nitrogen and oxygen atoms in total. The minimum atomic E-state index is -0.973. The SMILES string of the molecule is N#CC(=Cc1ccc(-c2ccc(C(=O)O)cc2)o1)c1nc2ccccc2s1. The standard InChI is InChI=1S/C21H12N2O3S/c22-12-15(20-23-17-3-1-2-4-19(17)27-20)11-16-9-10-18(26-16)13-5-7-14(8-6-13)21(24)25/h1-11H,(H,24,25). The number of para-hydroxylation sites is 1. The van der Waals surface area contributed by atoms with Gasteiger partial charge in [0.25, 0.3) is 0 Å². The van der Waals surface area contributed by atoms with Gasteiger partial charge in [-0.05, 0) is 36.4 Å². The predicted octanol–water partition coefficient (Wildman–Crippen LogP) is 5.32. The molecule has 0 amide bonds. The molecule has 0 saturated carbocycles. The average molecular weight is 372 g/mol. The van der Waals surface area contributed by atoms with Gasteiger partial charge in [0.1, 0.15) is 22.6 Å². The van der Waals surface area contributed by atoms with E-state index in [-0.39, 0.29) is 5.56 Å². The molecule has 0 aliphatic carbocycles. The zero-order valence-corrected chi connectivity index (χ0v) is 14.7. The van der Waals surface area contributed by atoms with Gasteiger partial charge in [-0.25, -0.2) is 9.78 Å². The summed E-state index contributed by atoms with van der Waals surface area (Å²) in [5.41, 5.74) is 2.27. The quantitative estimate of drug-likeness (QED) is 0.490. The van der Waals surface area contributed by atoms with E-state index in [0.29, 0.717) is 22.1 Å². The Balaban J connectivity index is 1.65. The van der Waals surface area contributed by atoms with Crippen molar-refractivity contribution < 1.29 is 14.3 Å². The Hall–Kier alpha value is -3.69. The third-order valence-corrected chi connectivity index (χ3v) is 5.04. The lowest BCUT2D eigenvalue weighted by atomic mass is 10.1. The maximum Gasteiger partial charge on any atom is 0.335 e. The van der Waals surface area contributed by atoms with Gasteiger partial charge in [0.05, 0.1) is 21.4 Å². The zero-order valence-electron chi connectivity index (χ0n) is 13.9. The topological polar surface area (TPSA) is 87.1 Å². The van der Waals surface area contributed by atoms with Crippen LogP contribution in [0, 0.1) is 11.3 Å². The zero-order chi connectivity index (χ0) is 18.8. The lowest BCUT2D eigenvalue weighted by Gasteiger charge is -1.98. The molecule has 130 valence electrons. The summed E-state index contributed by atoms with van der Waals surface area (Å²) in [6.07, 6.45) is 1.66. The molecule has 2 aromatic heterocycles. The number of fused-ring (bicyclic) bond motifs is 1. The van der Waals surface area contributed by atoms with Gasteiger partial charge >= 0.3 is 5.97 Å². The van der Waals surface area contributed by atoms with Gasteiger partial charge in [0.15, 0.2) is 0 Å². The van der Waals surface area contributed by atoms with Gasteiger partial charge in [0, 0.05) is 11.6 Å². The van der Waals surface area contributed by atoms with Gasteiger partial charge in [0.2, 0.25) is 0 Å². The van der Waals surface area contributed by atoms with E-state index >= 15 is 0 Å². The van der Waals surface area contributed by atoms with Crippen LogP contribution in [0.25, 0.3) is 33.2 Å². The number of carboxylic acids is 1. The van der Waals surface area contributed by atoms with Crippen molar-refractivity contribution in [2.24, 2.45) is 0 Å². The first kappa shape index (κ1) is 16.8. The summed E-state index contributed by atoms with van der Waals surface area (Å²) in [4.78, 5) is 15.4. The van der Waals surface area contributed by atoms with Crippen LogP contribution in [0.4, 0.5) is 0 Å². The summed E-state index contributed by atoms with van der Waals surface area (Å²) in [5.74, 6) is 0.155. The average Bonchev–Trinajstić information content (AvgIpc) is 3.33. The highest BCUT2D eigenvalue weighted by Crippen LogP contribution is 2.29. The molecule has 0 aliphatic heterocycles. The third-order valence-electron chi connectivity index (χ3n) is 3.97. The van der Waals surface area contributed by atoms with Crippen LogP contribution in [0.1, 0.15) is 21.1 Å². The Morgan fingerprint density at radius 1 is 1.11 bits per heavy atom. The fraction of sp³-hybridized carbons (Fsp3) is 0. The number of thiazole rings is 1. The highest BCUT2D eigenvalue weighted by molar-refractivity contribution is 7.19. The van der Waals surface area contributed by atoms with Crippen molar-refractivity contribution in [1.29, 1.82) is 5.26 Å².